The SMILES string of the molecule is CC1CCC(N(C)c2cc([C@@H](C)O)ccn2)CC1. The topological polar surface area (TPSA) is 36.4 Å². The van der Waals surface area contributed by atoms with Gasteiger partial charge in [0, 0.05) is 19.3 Å². The predicted octanol–water partition coefficient (Wildman–Crippen LogP) is 3.15. The molecule has 1 aliphatic carbocycles. The van der Waals surface area contributed by atoms with E-state index in [-0.39, 0.29) is 0 Å². The maximum absolute atomic E-state index is 9.63. The zero-order valence-corrected chi connectivity index (χ0v) is 11.6. The Morgan fingerprint density at radius 2 is 2.00 bits per heavy atom. The van der Waals surface area contributed by atoms with Crippen molar-refractivity contribution in [2.45, 2.75) is 51.7 Å². The molecule has 0 unspecified atom stereocenters. The molecular weight excluding hydrogens is 224 g/mol. The van der Waals surface area contributed by atoms with E-state index in [2.05, 4.69) is 23.9 Å². The summed E-state index contributed by atoms with van der Waals surface area (Å²) >= 11 is 0. The van der Waals surface area contributed by atoms with E-state index in [9.17, 15) is 5.11 Å². The number of anilines is 1. The second kappa shape index (κ2) is 5.70. The number of nitrogens with zero attached hydrogens (tertiary/aromatic N) is 2. The van der Waals surface area contributed by atoms with Crippen LogP contribution in [0, 0.1) is 5.92 Å². The number of hydrogen-bond donors (Lipinski definition) is 1. The molecule has 0 saturated heterocycles. The van der Waals surface area contributed by atoms with Crippen LogP contribution in [0.3, 0.4) is 0 Å². The third-order valence-corrected chi connectivity index (χ3v) is 4.15. The molecule has 0 aromatic carbocycles. The third-order valence-electron chi connectivity index (χ3n) is 4.15. The van der Waals surface area contributed by atoms with Gasteiger partial charge in [0.15, 0.2) is 0 Å². The van der Waals surface area contributed by atoms with Crippen molar-refractivity contribution in [1.82, 2.24) is 4.98 Å². The summed E-state index contributed by atoms with van der Waals surface area (Å²) in [5.74, 6) is 1.85. The van der Waals surface area contributed by atoms with Gasteiger partial charge >= 0.3 is 0 Å². The van der Waals surface area contributed by atoms with Crippen LogP contribution in [0.15, 0.2) is 18.3 Å². The first-order valence-corrected chi connectivity index (χ1v) is 6.94. The molecular formula is C15H24N2O. The summed E-state index contributed by atoms with van der Waals surface area (Å²) in [6, 6.07) is 4.48. The highest BCUT2D eigenvalue weighted by Gasteiger charge is 2.22. The van der Waals surface area contributed by atoms with Crippen LogP contribution in [0.25, 0.3) is 0 Å². The van der Waals surface area contributed by atoms with Crippen molar-refractivity contribution in [3.63, 3.8) is 0 Å². The Balaban J connectivity index is 2.08. The fourth-order valence-electron chi connectivity index (χ4n) is 2.70. The molecule has 1 atom stereocenters. The molecule has 0 bridgehead atoms. The largest absolute Gasteiger partial charge is 0.389 e. The summed E-state index contributed by atoms with van der Waals surface area (Å²) in [6.45, 7) is 4.13. The summed E-state index contributed by atoms with van der Waals surface area (Å²) in [4.78, 5) is 6.71. The molecule has 1 fully saturated rings. The molecule has 1 aromatic heterocycles. The van der Waals surface area contributed by atoms with Crippen LogP contribution in [0.4, 0.5) is 5.82 Å². The summed E-state index contributed by atoms with van der Waals surface area (Å²) < 4.78 is 0. The lowest BCUT2D eigenvalue weighted by atomic mass is 9.87. The Morgan fingerprint density at radius 1 is 1.33 bits per heavy atom. The van der Waals surface area contributed by atoms with E-state index >= 15 is 0 Å². The molecule has 0 aliphatic heterocycles. The van der Waals surface area contributed by atoms with E-state index in [1.54, 1.807) is 13.1 Å². The molecule has 1 aromatic rings. The Labute approximate surface area is 110 Å². The maximum Gasteiger partial charge on any atom is 0.128 e. The molecule has 3 heteroatoms. The van der Waals surface area contributed by atoms with Crippen LogP contribution in [0.1, 0.15) is 51.2 Å². The van der Waals surface area contributed by atoms with Gasteiger partial charge in [-0.05, 0) is 56.2 Å². The van der Waals surface area contributed by atoms with Gasteiger partial charge in [-0.15, -0.1) is 0 Å². The summed E-state index contributed by atoms with van der Waals surface area (Å²) in [6.07, 6.45) is 6.48. The van der Waals surface area contributed by atoms with Crippen molar-refractivity contribution >= 4 is 5.82 Å². The van der Waals surface area contributed by atoms with Crippen LogP contribution >= 0.6 is 0 Å². The van der Waals surface area contributed by atoms with Crippen LogP contribution < -0.4 is 4.90 Å². The van der Waals surface area contributed by atoms with E-state index < -0.39 is 6.10 Å². The number of aliphatic hydroxyl groups is 1. The molecule has 2 rings (SSSR count). The van der Waals surface area contributed by atoms with E-state index in [4.69, 9.17) is 0 Å². The van der Waals surface area contributed by atoms with E-state index in [1.165, 1.54) is 25.7 Å². The van der Waals surface area contributed by atoms with E-state index in [0.717, 1.165) is 17.3 Å². The molecule has 100 valence electrons. The Hall–Kier alpha value is -1.09. The summed E-state index contributed by atoms with van der Waals surface area (Å²) in [5, 5.41) is 9.63. The molecule has 0 amide bonds. The average Bonchev–Trinajstić information content (AvgIpc) is 2.39. The Morgan fingerprint density at radius 3 is 2.61 bits per heavy atom. The molecule has 18 heavy (non-hydrogen) atoms. The standard InChI is InChI=1S/C15H24N2O/c1-11-4-6-14(7-5-11)17(3)15-10-13(12(2)18)8-9-16-15/h8-12,14,18H,4-7H2,1-3H3/t11?,12-,14?/m1/s1. The molecule has 1 aliphatic rings. The smallest absolute Gasteiger partial charge is 0.128 e. The lowest BCUT2D eigenvalue weighted by Crippen LogP contribution is -2.35. The molecule has 0 radical (unpaired) electrons. The molecule has 1 saturated carbocycles. The van der Waals surface area contributed by atoms with Gasteiger partial charge in [-0.25, -0.2) is 4.98 Å². The first kappa shape index (κ1) is 13.3. The van der Waals surface area contributed by atoms with Gasteiger partial charge in [-0.1, -0.05) is 6.92 Å². The lowest BCUT2D eigenvalue weighted by Gasteiger charge is -2.34. The Bertz CT molecular complexity index is 384. The Kier molecular flexibility index (Phi) is 4.23. The summed E-state index contributed by atoms with van der Waals surface area (Å²) in [5.41, 5.74) is 0.941. The quantitative estimate of drug-likeness (QED) is 0.892. The molecule has 0 spiro atoms. The highest BCUT2D eigenvalue weighted by molar-refractivity contribution is 5.41. The number of aliphatic hydroxyl groups excluding tert-OH is 1. The fraction of sp³-hybridized carbons (Fsp3) is 0.667. The van der Waals surface area contributed by atoms with Gasteiger partial charge in [0.05, 0.1) is 6.10 Å². The number of hydrogen-bond acceptors (Lipinski definition) is 3. The molecule has 1 N–H and O–H groups in total. The van der Waals surface area contributed by atoms with Gasteiger partial charge in [-0.3, -0.25) is 0 Å². The van der Waals surface area contributed by atoms with Gasteiger partial charge < -0.3 is 10.0 Å². The van der Waals surface area contributed by atoms with Gasteiger partial charge in [-0.2, -0.15) is 0 Å². The van der Waals surface area contributed by atoms with Crippen molar-refractivity contribution < 1.29 is 5.11 Å². The van der Waals surface area contributed by atoms with Crippen LogP contribution in [0.2, 0.25) is 0 Å². The predicted molar refractivity (Wildman–Crippen MR) is 74.7 cm³/mol. The van der Waals surface area contributed by atoms with Crippen molar-refractivity contribution in [3.05, 3.63) is 23.9 Å². The monoisotopic (exact) mass is 248 g/mol. The zero-order chi connectivity index (χ0) is 13.1. The second-order valence-electron chi connectivity index (χ2n) is 5.65. The maximum atomic E-state index is 9.63. The highest BCUT2D eigenvalue weighted by atomic mass is 16.3. The van der Waals surface area contributed by atoms with Crippen LogP contribution in [-0.4, -0.2) is 23.2 Å². The van der Waals surface area contributed by atoms with Crippen molar-refractivity contribution in [2.24, 2.45) is 5.92 Å². The average molecular weight is 248 g/mol. The first-order valence-electron chi connectivity index (χ1n) is 6.94. The van der Waals surface area contributed by atoms with Gasteiger partial charge in [0.25, 0.3) is 0 Å². The third kappa shape index (κ3) is 3.02. The molecule has 1 heterocycles. The van der Waals surface area contributed by atoms with Crippen LogP contribution in [-0.2, 0) is 0 Å². The van der Waals surface area contributed by atoms with E-state index in [0.29, 0.717) is 6.04 Å². The van der Waals surface area contributed by atoms with Crippen LogP contribution in [0.5, 0.6) is 0 Å². The lowest BCUT2D eigenvalue weighted by molar-refractivity contribution is 0.199. The normalized spacial score (nSPS) is 25.8. The minimum absolute atomic E-state index is 0.425. The summed E-state index contributed by atoms with van der Waals surface area (Å²) in [7, 11) is 2.12. The van der Waals surface area contributed by atoms with Gasteiger partial charge in [0.2, 0.25) is 0 Å². The van der Waals surface area contributed by atoms with Crippen molar-refractivity contribution in [1.29, 1.82) is 0 Å². The van der Waals surface area contributed by atoms with Crippen molar-refractivity contribution in [2.75, 3.05) is 11.9 Å². The number of pyridine rings is 1. The zero-order valence-electron chi connectivity index (χ0n) is 11.6. The number of rotatable bonds is 3. The van der Waals surface area contributed by atoms with E-state index in [1.807, 2.05) is 12.1 Å². The second-order valence-corrected chi connectivity index (χ2v) is 5.65. The minimum Gasteiger partial charge on any atom is -0.389 e. The first-order chi connectivity index (χ1) is 8.58. The highest BCUT2D eigenvalue weighted by Crippen LogP contribution is 2.29. The molecule has 3 nitrogen and oxygen atoms in total. The minimum atomic E-state index is -0.425. The fourth-order valence-corrected chi connectivity index (χ4v) is 2.70. The van der Waals surface area contributed by atoms with Crippen molar-refractivity contribution in [3.8, 4) is 0 Å². The van der Waals surface area contributed by atoms with Gasteiger partial charge in [0.1, 0.15) is 5.82 Å². The number of aromatic nitrogens is 1.